The Kier molecular flexibility index (Phi) is 5.90. The first-order valence-electron chi connectivity index (χ1n) is 5.79. The Balaban J connectivity index is 3.11. The van der Waals surface area contributed by atoms with Crippen molar-refractivity contribution in [1.82, 2.24) is 4.31 Å². The third-order valence-corrected chi connectivity index (χ3v) is 4.54. The summed E-state index contributed by atoms with van der Waals surface area (Å²) >= 11 is 5.75. The fraction of sp³-hybridized carbons (Fsp3) is 0.231. The van der Waals surface area contributed by atoms with Crippen molar-refractivity contribution in [3.63, 3.8) is 0 Å². The lowest BCUT2D eigenvalue weighted by Gasteiger charge is -2.19. The van der Waals surface area contributed by atoms with Crippen LogP contribution in [0, 0.1) is 11.3 Å². The summed E-state index contributed by atoms with van der Waals surface area (Å²) in [5.74, 6) is -1.74. The molecule has 0 radical (unpaired) electrons. The van der Waals surface area contributed by atoms with Crippen molar-refractivity contribution < 1.29 is 18.3 Å². The average molecular weight is 329 g/mol. The van der Waals surface area contributed by atoms with Crippen LogP contribution in [-0.2, 0) is 20.6 Å². The molecule has 8 heteroatoms. The second kappa shape index (κ2) is 7.22. The Hall–Kier alpha value is -1.88. The molecule has 0 spiro atoms. The fourth-order valence-electron chi connectivity index (χ4n) is 1.64. The van der Waals surface area contributed by atoms with Gasteiger partial charge in [-0.15, -0.1) is 6.58 Å². The van der Waals surface area contributed by atoms with E-state index in [0.29, 0.717) is 5.02 Å². The van der Waals surface area contributed by atoms with E-state index in [0.717, 1.165) is 4.31 Å². The summed E-state index contributed by atoms with van der Waals surface area (Å²) < 4.78 is 25.3. The molecular weight excluding hydrogens is 316 g/mol. The van der Waals surface area contributed by atoms with E-state index in [4.69, 9.17) is 22.0 Å². The number of hydrogen-bond acceptors (Lipinski definition) is 4. The first kappa shape index (κ1) is 17.2. The van der Waals surface area contributed by atoms with Crippen molar-refractivity contribution in [3.05, 3.63) is 47.0 Å². The molecule has 0 fully saturated rings. The van der Waals surface area contributed by atoms with E-state index in [1.807, 2.05) is 6.07 Å². The number of carbonyl (C=O) groups is 1. The summed E-state index contributed by atoms with van der Waals surface area (Å²) in [5, 5.41) is 18.1. The number of nitriles is 1. The summed E-state index contributed by atoms with van der Waals surface area (Å²) in [6.07, 6.45) is 1.30. The zero-order valence-electron chi connectivity index (χ0n) is 11.0. The highest BCUT2D eigenvalue weighted by atomic mass is 35.5. The number of aliphatic carboxylic acids is 1. The van der Waals surface area contributed by atoms with Gasteiger partial charge in [-0.1, -0.05) is 23.7 Å². The number of benzene rings is 1. The lowest BCUT2D eigenvalue weighted by molar-refractivity contribution is -0.137. The lowest BCUT2D eigenvalue weighted by atomic mass is 10.1. The molecule has 112 valence electrons. The molecule has 0 saturated heterocycles. The van der Waals surface area contributed by atoms with Crippen molar-refractivity contribution in [1.29, 1.82) is 5.26 Å². The van der Waals surface area contributed by atoms with Gasteiger partial charge in [0.1, 0.15) is 6.54 Å². The molecule has 1 rings (SSSR count). The fourth-order valence-corrected chi connectivity index (χ4v) is 3.28. The lowest BCUT2D eigenvalue weighted by Crippen LogP contribution is -2.36. The number of nitrogens with zero attached hydrogens (tertiary/aromatic N) is 2. The topological polar surface area (TPSA) is 98.5 Å². The van der Waals surface area contributed by atoms with Gasteiger partial charge in [-0.05, 0) is 17.7 Å². The van der Waals surface area contributed by atoms with E-state index in [-0.39, 0.29) is 17.7 Å². The maximum Gasteiger partial charge on any atom is 0.318 e. The quantitative estimate of drug-likeness (QED) is 0.767. The average Bonchev–Trinajstić information content (AvgIpc) is 2.39. The predicted molar refractivity (Wildman–Crippen MR) is 78.2 cm³/mol. The second-order valence-corrected chi connectivity index (χ2v) is 6.55. The Morgan fingerprint density at radius 2 is 2.19 bits per heavy atom. The molecule has 0 bridgehead atoms. The second-order valence-electron chi connectivity index (χ2n) is 4.14. The van der Waals surface area contributed by atoms with Crippen molar-refractivity contribution in [2.24, 2.45) is 0 Å². The zero-order chi connectivity index (χ0) is 16.0. The third-order valence-electron chi connectivity index (χ3n) is 2.57. The van der Waals surface area contributed by atoms with Crippen LogP contribution in [0.2, 0.25) is 5.02 Å². The van der Waals surface area contributed by atoms with Crippen LogP contribution in [0.4, 0.5) is 0 Å². The van der Waals surface area contributed by atoms with Crippen LogP contribution in [0.3, 0.4) is 0 Å². The molecule has 0 unspecified atom stereocenters. The van der Waals surface area contributed by atoms with Gasteiger partial charge in [0.25, 0.3) is 0 Å². The largest absolute Gasteiger partial charge is 0.480 e. The molecule has 0 aromatic heterocycles. The molecule has 21 heavy (non-hydrogen) atoms. The minimum atomic E-state index is -3.89. The Labute approximate surface area is 127 Å². The van der Waals surface area contributed by atoms with Crippen LogP contribution in [0.1, 0.15) is 11.1 Å². The monoisotopic (exact) mass is 328 g/mol. The molecule has 0 saturated carbocycles. The number of sulfonamides is 1. The SMILES string of the molecule is C=CCN(CC(=O)O)S(=O)(=O)Cc1ccc(Cl)cc1C#N. The standard InChI is InChI=1S/C13H13ClN2O4S/c1-2-5-16(8-13(17)18)21(19,20)9-10-3-4-12(14)6-11(10)7-15/h2-4,6H,1,5,8-9H2,(H,17,18). The summed E-state index contributed by atoms with van der Waals surface area (Å²) in [6, 6.07) is 6.14. The molecule has 1 N–H and O–H groups in total. The molecule has 0 atom stereocenters. The summed E-state index contributed by atoms with van der Waals surface area (Å²) in [4.78, 5) is 10.7. The van der Waals surface area contributed by atoms with Crippen LogP contribution in [0.25, 0.3) is 0 Å². The van der Waals surface area contributed by atoms with E-state index in [2.05, 4.69) is 6.58 Å². The summed E-state index contributed by atoms with van der Waals surface area (Å²) in [7, 11) is -3.89. The van der Waals surface area contributed by atoms with Crippen LogP contribution < -0.4 is 0 Å². The van der Waals surface area contributed by atoms with Gasteiger partial charge >= 0.3 is 5.97 Å². The van der Waals surface area contributed by atoms with Gasteiger partial charge in [0.2, 0.25) is 10.0 Å². The highest BCUT2D eigenvalue weighted by Crippen LogP contribution is 2.19. The van der Waals surface area contributed by atoms with Gasteiger partial charge in [-0.3, -0.25) is 4.79 Å². The van der Waals surface area contributed by atoms with Crippen molar-refractivity contribution in [2.75, 3.05) is 13.1 Å². The predicted octanol–water partition coefficient (Wildman–Crippen LogP) is 1.61. The van der Waals surface area contributed by atoms with Crippen LogP contribution in [-0.4, -0.2) is 36.9 Å². The molecule has 1 aromatic rings. The highest BCUT2D eigenvalue weighted by molar-refractivity contribution is 7.88. The van der Waals surface area contributed by atoms with Gasteiger partial charge in [0.15, 0.2) is 0 Å². The minimum absolute atomic E-state index is 0.121. The van der Waals surface area contributed by atoms with Crippen molar-refractivity contribution >= 4 is 27.6 Å². The van der Waals surface area contributed by atoms with E-state index in [1.165, 1.54) is 24.3 Å². The molecule has 0 amide bonds. The van der Waals surface area contributed by atoms with Gasteiger partial charge in [0.05, 0.1) is 17.4 Å². The first-order chi connectivity index (χ1) is 9.80. The number of carboxylic acid groups (broad SMARTS) is 1. The number of rotatable bonds is 7. The first-order valence-corrected chi connectivity index (χ1v) is 7.78. The summed E-state index contributed by atoms with van der Waals surface area (Å²) in [5.41, 5.74) is 0.404. The van der Waals surface area contributed by atoms with E-state index in [9.17, 15) is 13.2 Å². The minimum Gasteiger partial charge on any atom is -0.480 e. The summed E-state index contributed by atoms with van der Waals surface area (Å²) in [6.45, 7) is 2.62. The zero-order valence-corrected chi connectivity index (χ0v) is 12.6. The van der Waals surface area contributed by atoms with Gasteiger partial charge < -0.3 is 5.11 Å². The maximum atomic E-state index is 12.3. The molecular formula is C13H13ClN2O4S. The molecule has 6 nitrogen and oxygen atoms in total. The van der Waals surface area contributed by atoms with E-state index >= 15 is 0 Å². The highest BCUT2D eigenvalue weighted by Gasteiger charge is 2.24. The van der Waals surface area contributed by atoms with Crippen molar-refractivity contribution in [2.45, 2.75) is 5.75 Å². The van der Waals surface area contributed by atoms with Crippen molar-refractivity contribution in [3.8, 4) is 6.07 Å². The number of hydrogen-bond donors (Lipinski definition) is 1. The Morgan fingerprint density at radius 1 is 1.52 bits per heavy atom. The third kappa shape index (κ3) is 4.86. The van der Waals surface area contributed by atoms with Gasteiger partial charge in [0, 0.05) is 11.6 Å². The van der Waals surface area contributed by atoms with Crippen LogP contribution in [0.15, 0.2) is 30.9 Å². The maximum absolute atomic E-state index is 12.3. The number of carboxylic acids is 1. The molecule has 0 aliphatic carbocycles. The van der Waals surface area contributed by atoms with Gasteiger partial charge in [-0.25, -0.2) is 8.42 Å². The molecule has 1 aromatic carbocycles. The van der Waals surface area contributed by atoms with Gasteiger partial charge in [-0.2, -0.15) is 9.57 Å². The van der Waals surface area contributed by atoms with Crippen LogP contribution >= 0.6 is 11.6 Å². The Bertz CT molecular complexity index is 695. The van der Waals surface area contributed by atoms with Crippen LogP contribution in [0.5, 0.6) is 0 Å². The molecule has 0 aliphatic rings. The normalized spacial score (nSPS) is 11.1. The molecule has 0 heterocycles. The van der Waals surface area contributed by atoms with E-state index < -0.39 is 28.3 Å². The Morgan fingerprint density at radius 3 is 2.71 bits per heavy atom. The van der Waals surface area contributed by atoms with E-state index in [1.54, 1.807) is 0 Å². The molecule has 0 aliphatic heterocycles. The number of halogens is 1. The smallest absolute Gasteiger partial charge is 0.318 e.